The van der Waals surface area contributed by atoms with Crippen LogP contribution in [0.3, 0.4) is 0 Å². The van der Waals surface area contributed by atoms with E-state index in [1.54, 1.807) is 13.0 Å². The van der Waals surface area contributed by atoms with Crippen LogP contribution in [0.2, 0.25) is 5.02 Å². The topological polar surface area (TPSA) is 45.0 Å². The summed E-state index contributed by atoms with van der Waals surface area (Å²) in [6, 6.07) is 13.2. The second-order valence-corrected chi connectivity index (χ2v) is 8.23. The van der Waals surface area contributed by atoms with Gasteiger partial charge in [0.2, 0.25) is 0 Å². The van der Waals surface area contributed by atoms with Crippen LogP contribution in [-0.2, 0) is 0 Å². The Kier molecular flexibility index (Phi) is 6.24. The summed E-state index contributed by atoms with van der Waals surface area (Å²) in [5.74, 6) is 0.0770. The number of rotatable bonds is 4. The van der Waals surface area contributed by atoms with Crippen molar-refractivity contribution < 1.29 is 14.8 Å². The highest BCUT2D eigenvalue weighted by Gasteiger charge is 2.24. The second-order valence-electron chi connectivity index (χ2n) is 6.71. The number of quaternary nitrogens is 1. The second kappa shape index (κ2) is 8.44. The van der Waals surface area contributed by atoms with Crippen LogP contribution in [0.1, 0.15) is 28.9 Å². The summed E-state index contributed by atoms with van der Waals surface area (Å²) >= 11 is 7.58. The minimum atomic E-state index is -0.625. The van der Waals surface area contributed by atoms with Gasteiger partial charge in [0.05, 0.1) is 44.9 Å². The van der Waals surface area contributed by atoms with Gasteiger partial charge in [-0.1, -0.05) is 35.5 Å². The summed E-state index contributed by atoms with van der Waals surface area (Å²) in [6.45, 7) is 5.24. The molecular formula is C20H24ClN2O2S+. The molecule has 0 aromatic heterocycles. The van der Waals surface area contributed by atoms with Gasteiger partial charge in [-0.2, -0.15) is 0 Å². The maximum Gasteiger partial charge on any atom is 0.255 e. The lowest BCUT2D eigenvalue weighted by atomic mass is 10.1. The lowest BCUT2D eigenvalue weighted by Crippen LogP contribution is -3.12. The first-order valence-corrected chi connectivity index (χ1v) is 10.00. The van der Waals surface area contributed by atoms with Crippen LogP contribution < -0.4 is 4.90 Å². The van der Waals surface area contributed by atoms with Crippen LogP contribution in [0.4, 0.5) is 0 Å². The number of hydrogen-bond donors (Lipinski definition) is 2. The van der Waals surface area contributed by atoms with Crippen molar-refractivity contribution in [3.8, 4) is 0 Å². The Labute approximate surface area is 163 Å². The van der Waals surface area contributed by atoms with Crippen molar-refractivity contribution in [3.63, 3.8) is 0 Å². The summed E-state index contributed by atoms with van der Waals surface area (Å²) < 4.78 is 0. The Morgan fingerprint density at radius 3 is 2.58 bits per heavy atom. The number of aliphatic hydroxyl groups is 1. The molecule has 1 aliphatic rings. The molecule has 1 fully saturated rings. The molecule has 0 spiro atoms. The third-order valence-corrected chi connectivity index (χ3v) is 6.07. The van der Waals surface area contributed by atoms with E-state index in [9.17, 15) is 9.90 Å². The average Bonchev–Trinajstić information content (AvgIpc) is 2.63. The van der Waals surface area contributed by atoms with E-state index in [0.29, 0.717) is 10.6 Å². The van der Waals surface area contributed by atoms with Gasteiger partial charge in [-0.15, -0.1) is 0 Å². The standard InChI is InChI=1S/C20H23ClN2O2S/c1-14(24)17-13-15(21)7-8-19(17)26-18-6-4-3-5-16(18)20(25)23-11-9-22(2)10-12-23/h3-8,13-14,24H,9-12H2,1-2H3/p+1/t14-/m0/s1. The van der Waals surface area contributed by atoms with Gasteiger partial charge in [0, 0.05) is 14.8 Å². The van der Waals surface area contributed by atoms with E-state index in [4.69, 9.17) is 11.6 Å². The molecule has 0 saturated carbocycles. The molecule has 4 nitrogen and oxygen atoms in total. The Morgan fingerprint density at radius 2 is 1.88 bits per heavy atom. The Bertz CT molecular complexity index is 789. The smallest absolute Gasteiger partial charge is 0.255 e. The summed E-state index contributed by atoms with van der Waals surface area (Å²) in [5, 5.41) is 10.7. The average molecular weight is 392 g/mol. The zero-order valence-electron chi connectivity index (χ0n) is 15.0. The number of nitrogens with one attached hydrogen (secondary N) is 1. The van der Waals surface area contributed by atoms with E-state index in [1.807, 2.05) is 41.3 Å². The van der Waals surface area contributed by atoms with Crippen LogP contribution in [0, 0.1) is 0 Å². The summed E-state index contributed by atoms with van der Waals surface area (Å²) in [4.78, 5) is 18.2. The molecule has 0 bridgehead atoms. The minimum Gasteiger partial charge on any atom is -0.389 e. The third-order valence-electron chi connectivity index (χ3n) is 4.66. The van der Waals surface area contributed by atoms with Gasteiger partial charge in [0.15, 0.2) is 0 Å². The van der Waals surface area contributed by atoms with Crippen molar-refractivity contribution >= 4 is 29.3 Å². The molecule has 26 heavy (non-hydrogen) atoms. The SMILES string of the molecule is C[C@H](O)c1cc(Cl)ccc1Sc1ccccc1C(=O)N1CC[NH+](C)CC1. The highest BCUT2D eigenvalue weighted by molar-refractivity contribution is 7.99. The minimum absolute atomic E-state index is 0.0770. The van der Waals surface area contributed by atoms with E-state index in [1.165, 1.54) is 16.7 Å². The molecule has 2 N–H and O–H groups in total. The molecule has 2 aromatic rings. The summed E-state index contributed by atoms with van der Waals surface area (Å²) in [7, 11) is 2.16. The van der Waals surface area contributed by atoms with E-state index in [-0.39, 0.29) is 5.91 Å². The molecule has 6 heteroatoms. The van der Waals surface area contributed by atoms with E-state index < -0.39 is 6.10 Å². The van der Waals surface area contributed by atoms with E-state index in [2.05, 4.69) is 7.05 Å². The highest BCUT2D eigenvalue weighted by Crippen LogP contribution is 2.36. The molecule has 1 amide bonds. The third kappa shape index (κ3) is 4.41. The maximum absolute atomic E-state index is 13.0. The molecule has 0 aliphatic carbocycles. The van der Waals surface area contributed by atoms with Crippen molar-refractivity contribution in [3.05, 3.63) is 58.6 Å². The molecule has 1 saturated heterocycles. The first kappa shape index (κ1) is 19.2. The van der Waals surface area contributed by atoms with Gasteiger partial charge in [-0.05, 0) is 42.8 Å². The van der Waals surface area contributed by atoms with Crippen molar-refractivity contribution in [2.24, 2.45) is 0 Å². The molecule has 1 atom stereocenters. The van der Waals surface area contributed by atoms with Gasteiger partial charge in [0.25, 0.3) is 5.91 Å². The fourth-order valence-electron chi connectivity index (χ4n) is 3.05. The number of carbonyl (C=O) groups excluding carboxylic acids is 1. The van der Waals surface area contributed by atoms with Crippen LogP contribution in [0.5, 0.6) is 0 Å². The van der Waals surface area contributed by atoms with Crippen molar-refractivity contribution in [2.45, 2.75) is 22.8 Å². The molecule has 3 rings (SSSR count). The predicted molar refractivity (Wildman–Crippen MR) is 105 cm³/mol. The molecule has 2 aromatic carbocycles. The normalized spacial score (nSPS) is 16.5. The van der Waals surface area contributed by atoms with Crippen LogP contribution in [0.25, 0.3) is 0 Å². The lowest BCUT2D eigenvalue weighted by Gasteiger charge is -2.30. The zero-order valence-corrected chi connectivity index (χ0v) is 16.6. The van der Waals surface area contributed by atoms with Crippen LogP contribution in [-0.4, -0.2) is 49.1 Å². The Balaban J connectivity index is 1.87. The molecule has 1 heterocycles. The summed E-state index contributed by atoms with van der Waals surface area (Å²) in [5.41, 5.74) is 1.48. The number of piperazine rings is 1. The first-order chi connectivity index (χ1) is 12.5. The van der Waals surface area contributed by atoms with Crippen molar-refractivity contribution in [2.75, 3.05) is 33.2 Å². The highest BCUT2D eigenvalue weighted by atomic mass is 35.5. The van der Waals surface area contributed by atoms with Gasteiger partial charge >= 0.3 is 0 Å². The Morgan fingerprint density at radius 1 is 1.19 bits per heavy atom. The number of benzene rings is 2. The number of halogens is 1. The fourth-order valence-corrected chi connectivity index (χ4v) is 4.36. The maximum atomic E-state index is 13.0. The van der Waals surface area contributed by atoms with Gasteiger partial charge in [-0.3, -0.25) is 4.79 Å². The van der Waals surface area contributed by atoms with Crippen LogP contribution >= 0.6 is 23.4 Å². The molecular weight excluding hydrogens is 368 g/mol. The monoisotopic (exact) mass is 391 g/mol. The molecule has 0 radical (unpaired) electrons. The fraction of sp³-hybridized carbons (Fsp3) is 0.350. The lowest BCUT2D eigenvalue weighted by molar-refractivity contribution is -0.883. The number of likely N-dealkylation sites (N-methyl/N-ethyl adjacent to an activating group) is 1. The molecule has 1 aliphatic heterocycles. The summed E-state index contributed by atoms with van der Waals surface area (Å²) in [6.07, 6.45) is -0.625. The number of carbonyl (C=O) groups is 1. The number of amides is 1. The molecule has 0 unspecified atom stereocenters. The van der Waals surface area contributed by atoms with Gasteiger partial charge in [0.1, 0.15) is 0 Å². The number of aliphatic hydroxyl groups excluding tert-OH is 1. The van der Waals surface area contributed by atoms with E-state index in [0.717, 1.165) is 41.5 Å². The van der Waals surface area contributed by atoms with Gasteiger partial charge < -0.3 is 14.9 Å². The number of nitrogens with zero attached hydrogens (tertiary/aromatic N) is 1. The van der Waals surface area contributed by atoms with Crippen molar-refractivity contribution in [1.82, 2.24) is 4.90 Å². The van der Waals surface area contributed by atoms with E-state index >= 15 is 0 Å². The predicted octanol–water partition coefficient (Wildman–Crippen LogP) is 2.52. The largest absolute Gasteiger partial charge is 0.389 e. The van der Waals surface area contributed by atoms with Gasteiger partial charge in [-0.25, -0.2) is 0 Å². The van der Waals surface area contributed by atoms with Crippen molar-refractivity contribution in [1.29, 1.82) is 0 Å². The number of hydrogen-bond acceptors (Lipinski definition) is 3. The Hall–Kier alpha value is -1.53. The zero-order chi connectivity index (χ0) is 18.7. The molecule has 138 valence electrons. The van der Waals surface area contributed by atoms with Crippen LogP contribution in [0.15, 0.2) is 52.3 Å². The first-order valence-electron chi connectivity index (χ1n) is 8.80. The quantitative estimate of drug-likeness (QED) is 0.841.